The summed E-state index contributed by atoms with van der Waals surface area (Å²) < 4.78 is 17.1. The zero-order valence-corrected chi connectivity index (χ0v) is 20.8. The quantitative estimate of drug-likeness (QED) is 0.452. The van der Waals surface area contributed by atoms with Crippen LogP contribution in [0.3, 0.4) is 0 Å². The summed E-state index contributed by atoms with van der Waals surface area (Å²) in [4.78, 5) is 11.9. The Bertz CT molecular complexity index is 1000. The van der Waals surface area contributed by atoms with Gasteiger partial charge in [0.25, 0.3) is 0 Å². The smallest absolute Gasteiger partial charge is 0.305 e. The molecule has 0 spiro atoms. The van der Waals surface area contributed by atoms with Crippen LogP contribution in [-0.4, -0.2) is 26.3 Å². The molecule has 3 aliphatic rings. The monoisotopic (exact) mass is 462 g/mol. The molecule has 2 aromatic carbocycles. The number of aryl methyl sites for hydroxylation is 1. The minimum atomic E-state index is -0.0908. The fourth-order valence-corrected chi connectivity index (χ4v) is 7.69. The van der Waals surface area contributed by atoms with Crippen LogP contribution in [0.2, 0.25) is 0 Å². The highest BCUT2D eigenvalue weighted by atomic mass is 16.5. The number of hydrogen-bond acceptors (Lipinski definition) is 4. The van der Waals surface area contributed by atoms with Crippen molar-refractivity contribution >= 4 is 5.97 Å². The number of benzene rings is 2. The Hall–Kier alpha value is -2.33. The van der Waals surface area contributed by atoms with Crippen LogP contribution < -0.4 is 4.74 Å². The first-order chi connectivity index (χ1) is 16.5. The number of ether oxygens (including phenoxy) is 3. The van der Waals surface area contributed by atoms with Crippen molar-refractivity contribution in [2.45, 2.75) is 70.5 Å². The summed E-state index contributed by atoms with van der Waals surface area (Å²) >= 11 is 0. The molecule has 34 heavy (non-hydrogen) atoms. The highest BCUT2D eigenvalue weighted by Gasteiger charge is 2.58. The summed E-state index contributed by atoms with van der Waals surface area (Å²) in [5.74, 6) is 3.26. The van der Waals surface area contributed by atoms with Gasteiger partial charge in [-0.3, -0.25) is 4.79 Å². The number of fused-ring (bicyclic) bond motifs is 5. The lowest BCUT2D eigenvalue weighted by Crippen LogP contribution is -2.45. The van der Waals surface area contributed by atoms with Crippen molar-refractivity contribution < 1.29 is 19.0 Å². The van der Waals surface area contributed by atoms with Gasteiger partial charge in [-0.05, 0) is 96.4 Å². The molecule has 0 aliphatic heterocycles. The fraction of sp³-hybridized carbons (Fsp3) is 0.567. The van der Waals surface area contributed by atoms with Crippen molar-refractivity contribution in [2.75, 3.05) is 14.2 Å². The number of hydrogen-bond donors (Lipinski definition) is 0. The average Bonchev–Trinajstić information content (AvgIpc) is 3.17. The molecule has 4 heteroatoms. The molecule has 0 aromatic heterocycles. The third-order valence-corrected chi connectivity index (χ3v) is 9.23. The van der Waals surface area contributed by atoms with Crippen LogP contribution in [0.4, 0.5) is 0 Å². The first kappa shape index (κ1) is 23.4. The molecule has 0 radical (unpaired) electrons. The lowest BCUT2D eigenvalue weighted by Gasteiger charge is -2.52. The molecule has 3 aliphatic carbocycles. The summed E-state index contributed by atoms with van der Waals surface area (Å²) in [7, 11) is 3.36. The summed E-state index contributed by atoms with van der Waals surface area (Å²) in [5, 5.41) is 0. The highest BCUT2D eigenvalue weighted by molar-refractivity contribution is 5.69. The van der Waals surface area contributed by atoms with E-state index >= 15 is 0 Å². The summed E-state index contributed by atoms with van der Waals surface area (Å²) in [6.07, 6.45) is 7.51. The zero-order valence-electron chi connectivity index (χ0n) is 20.8. The molecule has 0 bridgehead atoms. The standard InChI is InChI=1S/C30H38O4/c1-30-16-15-25-24-13-11-23(34-19-20-7-5-4-6-8-20)17-21(24)9-12-26(25)29(30)22(18-27(30)32-2)10-14-28(31)33-3/h4-8,11,13,17,22,25-27,29H,9-10,12,14-16,18-19H2,1-3H3/t22?,25?,26?,27-,29?,30+/m0/s1. The molecule has 4 nitrogen and oxygen atoms in total. The average molecular weight is 463 g/mol. The largest absolute Gasteiger partial charge is 0.489 e. The molecule has 0 saturated heterocycles. The van der Waals surface area contributed by atoms with Gasteiger partial charge in [0.1, 0.15) is 12.4 Å². The molecule has 182 valence electrons. The SMILES string of the molecule is COC(=O)CCC1C[C@H](OC)[C@@]2(C)CCC3c4ccc(OCc5ccccc5)cc4CCC3C12. The number of esters is 1. The third-order valence-electron chi connectivity index (χ3n) is 9.23. The second-order valence-electron chi connectivity index (χ2n) is 10.8. The van der Waals surface area contributed by atoms with Crippen molar-refractivity contribution in [3.63, 3.8) is 0 Å². The van der Waals surface area contributed by atoms with Gasteiger partial charge in [-0.15, -0.1) is 0 Å². The van der Waals surface area contributed by atoms with E-state index in [-0.39, 0.29) is 17.5 Å². The molecule has 4 unspecified atom stereocenters. The second-order valence-corrected chi connectivity index (χ2v) is 10.8. The van der Waals surface area contributed by atoms with Gasteiger partial charge < -0.3 is 14.2 Å². The predicted molar refractivity (Wildman–Crippen MR) is 133 cm³/mol. The number of rotatable bonds is 7. The summed E-state index contributed by atoms with van der Waals surface area (Å²) in [6, 6.07) is 17.1. The van der Waals surface area contributed by atoms with Crippen LogP contribution >= 0.6 is 0 Å². The Morgan fingerprint density at radius 2 is 1.91 bits per heavy atom. The number of carbonyl (C=O) groups is 1. The lowest BCUT2D eigenvalue weighted by atomic mass is 9.53. The fourth-order valence-electron chi connectivity index (χ4n) is 7.69. The van der Waals surface area contributed by atoms with Crippen LogP contribution in [0.1, 0.15) is 68.1 Å². The maximum Gasteiger partial charge on any atom is 0.305 e. The first-order valence-corrected chi connectivity index (χ1v) is 12.9. The summed E-state index contributed by atoms with van der Waals surface area (Å²) in [5.41, 5.74) is 4.38. The van der Waals surface area contributed by atoms with Crippen molar-refractivity contribution in [1.29, 1.82) is 0 Å². The minimum absolute atomic E-state index is 0.0908. The van der Waals surface area contributed by atoms with Crippen LogP contribution in [0, 0.1) is 23.2 Å². The van der Waals surface area contributed by atoms with Gasteiger partial charge in [0.2, 0.25) is 0 Å². The van der Waals surface area contributed by atoms with Crippen LogP contribution in [0.25, 0.3) is 0 Å². The van der Waals surface area contributed by atoms with Crippen molar-refractivity contribution in [3.05, 3.63) is 65.2 Å². The highest BCUT2D eigenvalue weighted by Crippen LogP contribution is 2.64. The van der Waals surface area contributed by atoms with Crippen molar-refractivity contribution in [2.24, 2.45) is 23.2 Å². The Morgan fingerprint density at radius 1 is 1.09 bits per heavy atom. The first-order valence-electron chi connectivity index (χ1n) is 12.9. The topological polar surface area (TPSA) is 44.8 Å². The molecule has 0 N–H and O–H groups in total. The van der Waals surface area contributed by atoms with E-state index in [1.807, 2.05) is 13.2 Å². The molecule has 5 rings (SSSR count). The van der Waals surface area contributed by atoms with E-state index in [1.54, 1.807) is 0 Å². The minimum Gasteiger partial charge on any atom is -0.489 e. The van der Waals surface area contributed by atoms with Gasteiger partial charge in [0.15, 0.2) is 0 Å². The van der Waals surface area contributed by atoms with Gasteiger partial charge in [-0.2, -0.15) is 0 Å². The Kier molecular flexibility index (Phi) is 6.70. The maximum atomic E-state index is 11.9. The normalized spacial score (nSPS) is 31.8. The Morgan fingerprint density at radius 3 is 2.68 bits per heavy atom. The molecular weight excluding hydrogens is 424 g/mol. The van der Waals surface area contributed by atoms with E-state index in [0.29, 0.717) is 36.7 Å². The van der Waals surface area contributed by atoms with Crippen LogP contribution in [0.5, 0.6) is 5.75 Å². The van der Waals surface area contributed by atoms with Crippen molar-refractivity contribution in [1.82, 2.24) is 0 Å². The van der Waals surface area contributed by atoms with Gasteiger partial charge in [0.05, 0.1) is 13.2 Å². The zero-order chi connectivity index (χ0) is 23.7. The molecule has 0 heterocycles. The number of carbonyl (C=O) groups excluding carboxylic acids is 1. The van der Waals surface area contributed by atoms with Crippen molar-refractivity contribution in [3.8, 4) is 5.75 Å². The van der Waals surface area contributed by atoms with Crippen LogP contribution in [-0.2, 0) is 27.3 Å². The van der Waals surface area contributed by atoms with E-state index in [9.17, 15) is 4.79 Å². The van der Waals surface area contributed by atoms with Gasteiger partial charge in [-0.1, -0.05) is 43.3 Å². The predicted octanol–water partition coefficient (Wildman–Crippen LogP) is 6.32. The Balaban J connectivity index is 1.35. The van der Waals surface area contributed by atoms with E-state index in [0.717, 1.165) is 25.0 Å². The summed E-state index contributed by atoms with van der Waals surface area (Å²) in [6.45, 7) is 3.06. The van der Waals surface area contributed by atoms with E-state index in [1.165, 1.54) is 43.1 Å². The third kappa shape index (κ3) is 4.26. The molecule has 0 amide bonds. The van der Waals surface area contributed by atoms with Gasteiger partial charge in [-0.25, -0.2) is 0 Å². The van der Waals surface area contributed by atoms with Gasteiger partial charge >= 0.3 is 5.97 Å². The Labute approximate surface area is 204 Å². The lowest BCUT2D eigenvalue weighted by molar-refractivity contribution is -0.141. The van der Waals surface area contributed by atoms with E-state index < -0.39 is 0 Å². The number of methoxy groups -OCH3 is 2. The van der Waals surface area contributed by atoms with E-state index in [4.69, 9.17) is 14.2 Å². The van der Waals surface area contributed by atoms with Crippen LogP contribution in [0.15, 0.2) is 48.5 Å². The van der Waals surface area contributed by atoms with Gasteiger partial charge in [0, 0.05) is 13.5 Å². The molecule has 2 aromatic rings. The molecular formula is C30H38O4. The molecule has 2 saturated carbocycles. The second kappa shape index (κ2) is 9.73. The molecule has 2 fully saturated rings. The molecule has 6 atom stereocenters. The van der Waals surface area contributed by atoms with E-state index in [2.05, 4.69) is 49.4 Å². The maximum absolute atomic E-state index is 11.9.